The van der Waals surface area contributed by atoms with Gasteiger partial charge in [-0.15, -0.1) is 22.0 Å². The average molecular weight is 433 g/mol. The number of para-hydroxylation sites is 1. The van der Waals surface area contributed by atoms with Crippen LogP contribution in [0, 0.1) is 0 Å². The number of nitrogens with zero attached hydrogens (tertiary/aromatic N) is 3. The SMILES string of the molecule is CCn1c(CSCc2ccc(Cl)cc2)nnc1SCC(=O)Nc1ccccc1. The van der Waals surface area contributed by atoms with Gasteiger partial charge in [-0.1, -0.05) is 53.7 Å². The average Bonchev–Trinajstić information content (AvgIpc) is 3.10. The summed E-state index contributed by atoms with van der Waals surface area (Å²) in [7, 11) is 0. The molecule has 146 valence electrons. The van der Waals surface area contributed by atoms with Crippen molar-refractivity contribution in [2.24, 2.45) is 0 Å². The van der Waals surface area contributed by atoms with Gasteiger partial charge in [0.2, 0.25) is 5.91 Å². The lowest BCUT2D eigenvalue weighted by molar-refractivity contribution is -0.113. The molecule has 0 fully saturated rings. The number of carbonyl (C=O) groups is 1. The van der Waals surface area contributed by atoms with Crippen molar-refractivity contribution < 1.29 is 4.79 Å². The lowest BCUT2D eigenvalue weighted by Gasteiger charge is -2.08. The van der Waals surface area contributed by atoms with Crippen LogP contribution in [0.5, 0.6) is 0 Å². The van der Waals surface area contributed by atoms with Gasteiger partial charge in [-0.05, 0) is 36.8 Å². The number of hydrogen-bond acceptors (Lipinski definition) is 5. The third-order valence-electron chi connectivity index (χ3n) is 3.91. The van der Waals surface area contributed by atoms with Crippen molar-refractivity contribution in [3.05, 3.63) is 71.0 Å². The van der Waals surface area contributed by atoms with E-state index in [1.165, 1.54) is 17.3 Å². The molecule has 0 aliphatic heterocycles. The van der Waals surface area contributed by atoms with Crippen LogP contribution in [0.4, 0.5) is 5.69 Å². The van der Waals surface area contributed by atoms with Crippen LogP contribution in [-0.2, 0) is 22.8 Å². The van der Waals surface area contributed by atoms with Crippen molar-refractivity contribution in [1.82, 2.24) is 14.8 Å². The zero-order valence-electron chi connectivity index (χ0n) is 15.5. The Morgan fingerprint density at radius 1 is 1.07 bits per heavy atom. The van der Waals surface area contributed by atoms with Crippen molar-refractivity contribution in [1.29, 1.82) is 0 Å². The first-order chi connectivity index (χ1) is 13.7. The number of halogens is 1. The fourth-order valence-electron chi connectivity index (χ4n) is 2.54. The van der Waals surface area contributed by atoms with Gasteiger partial charge in [0.1, 0.15) is 5.82 Å². The van der Waals surface area contributed by atoms with Crippen molar-refractivity contribution in [2.45, 2.75) is 30.1 Å². The minimum Gasteiger partial charge on any atom is -0.325 e. The maximum absolute atomic E-state index is 12.1. The molecule has 0 saturated heterocycles. The molecule has 1 amide bonds. The Bertz CT molecular complexity index is 900. The van der Waals surface area contributed by atoms with Crippen LogP contribution in [0.15, 0.2) is 59.8 Å². The fourth-order valence-corrected chi connectivity index (χ4v) is 4.41. The molecule has 0 radical (unpaired) electrons. The molecule has 0 unspecified atom stereocenters. The molecule has 8 heteroatoms. The van der Waals surface area contributed by atoms with E-state index in [0.717, 1.165) is 39.7 Å². The summed E-state index contributed by atoms with van der Waals surface area (Å²) in [4.78, 5) is 12.1. The van der Waals surface area contributed by atoms with Crippen molar-refractivity contribution >= 4 is 46.7 Å². The zero-order chi connectivity index (χ0) is 19.8. The summed E-state index contributed by atoms with van der Waals surface area (Å²) in [5.41, 5.74) is 2.02. The van der Waals surface area contributed by atoms with E-state index < -0.39 is 0 Å². The Kier molecular flexibility index (Phi) is 7.82. The van der Waals surface area contributed by atoms with E-state index in [1.54, 1.807) is 11.8 Å². The second-order valence-corrected chi connectivity index (χ2v) is 8.33. The summed E-state index contributed by atoms with van der Waals surface area (Å²) in [6.07, 6.45) is 0. The predicted octanol–water partition coefficient (Wildman–Crippen LogP) is 5.12. The van der Waals surface area contributed by atoms with E-state index in [4.69, 9.17) is 11.6 Å². The summed E-state index contributed by atoms with van der Waals surface area (Å²) >= 11 is 9.11. The number of rotatable bonds is 9. The number of aromatic nitrogens is 3. The van der Waals surface area contributed by atoms with Gasteiger partial charge in [-0.3, -0.25) is 4.79 Å². The Balaban J connectivity index is 1.51. The van der Waals surface area contributed by atoms with Crippen LogP contribution < -0.4 is 5.32 Å². The summed E-state index contributed by atoms with van der Waals surface area (Å²) in [5, 5.41) is 13.0. The molecule has 0 aliphatic rings. The van der Waals surface area contributed by atoms with Crippen LogP contribution in [0.3, 0.4) is 0 Å². The molecule has 0 saturated carbocycles. The van der Waals surface area contributed by atoms with E-state index in [2.05, 4.69) is 27.0 Å². The number of anilines is 1. The molecule has 0 aliphatic carbocycles. The highest BCUT2D eigenvalue weighted by atomic mass is 35.5. The predicted molar refractivity (Wildman–Crippen MR) is 118 cm³/mol. The quantitative estimate of drug-likeness (QED) is 0.476. The highest BCUT2D eigenvalue weighted by Crippen LogP contribution is 2.22. The number of benzene rings is 2. The van der Waals surface area contributed by atoms with Gasteiger partial charge in [0, 0.05) is 23.0 Å². The highest BCUT2D eigenvalue weighted by Gasteiger charge is 2.13. The Labute approximate surface area is 178 Å². The number of carbonyl (C=O) groups excluding carboxylic acids is 1. The van der Waals surface area contributed by atoms with Crippen LogP contribution in [-0.4, -0.2) is 26.4 Å². The lowest BCUT2D eigenvalue weighted by atomic mass is 10.2. The maximum Gasteiger partial charge on any atom is 0.234 e. The van der Waals surface area contributed by atoms with Crippen molar-refractivity contribution in [3.8, 4) is 0 Å². The molecule has 1 heterocycles. The molecular weight excluding hydrogens is 412 g/mol. The monoisotopic (exact) mass is 432 g/mol. The molecule has 1 aromatic heterocycles. The molecule has 3 rings (SSSR count). The minimum absolute atomic E-state index is 0.0551. The third kappa shape index (κ3) is 6.02. The molecule has 0 spiro atoms. The Hall–Kier alpha value is -1.96. The summed E-state index contributed by atoms with van der Waals surface area (Å²) < 4.78 is 2.06. The van der Waals surface area contributed by atoms with E-state index >= 15 is 0 Å². The maximum atomic E-state index is 12.1. The van der Waals surface area contributed by atoms with Crippen LogP contribution >= 0.6 is 35.1 Å². The standard InChI is InChI=1S/C20H21ClN4OS2/c1-2-25-18(13-27-12-15-8-10-16(21)11-9-15)23-24-20(25)28-14-19(26)22-17-6-4-3-5-7-17/h3-11H,2,12-14H2,1H3,(H,22,26). The van der Waals surface area contributed by atoms with E-state index in [9.17, 15) is 4.79 Å². The van der Waals surface area contributed by atoms with Gasteiger partial charge in [-0.2, -0.15) is 0 Å². The van der Waals surface area contributed by atoms with E-state index in [1.807, 2.05) is 54.6 Å². The van der Waals surface area contributed by atoms with Crippen LogP contribution in [0.1, 0.15) is 18.3 Å². The summed E-state index contributed by atoms with van der Waals surface area (Å²) in [5.74, 6) is 2.81. The number of nitrogens with one attached hydrogen (secondary N) is 1. The summed E-state index contributed by atoms with van der Waals surface area (Å²) in [6, 6.07) is 17.3. The normalized spacial score (nSPS) is 10.8. The molecule has 1 N–H and O–H groups in total. The largest absolute Gasteiger partial charge is 0.325 e. The smallest absolute Gasteiger partial charge is 0.234 e. The zero-order valence-corrected chi connectivity index (χ0v) is 17.9. The summed E-state index contributed by atoms with van der Waals surface area (Å²) in [6.45, 7) is 2.83. The third-order valence-corrected chi connectivity index (χ3v) is 6.13. The van der Waals surface area contributed by atoms with Crippen LogP contribution in [0.25, 0.3) is 0 Å². The number of thioether (sulfide) groups is 2. The fraction of sp³-hybridized carbons (Fsp3) is 0.250. The van der Waals surface area contributed by atoms with Gasteiger partial charge in [0.05, 0.1) is 11.5 Å². The second kappa shape index (κ2) is 10.5. The van der Waals surface area contributed by atoms with Gasteiger partial charge in [-0.25, -0.2) is 0 Å². The first-order valence-electron chi connectivity index (χ1n) is 8.87. The van der Waals surface area contributed by atoms with Gasteiger partial charge < -0.3 is 9.88 Å². The molecular formula is C20H21ClN4OS2. The second-order valence-electron chi connectivity index (χ2n) is 5.97. The molecule has 5 nitrogen and oxygen atoms in total. The van der Waals surface area contributed by atoms with Gasteiger partial charge in [0.25, 0.3) is 0 Å². The lowest BCUT2D eigenvalue weighted by Crippen LogP contribution is -2.14. The molecule has 28 heavy (non-hydrogen) atoms. The van der Waals surface area contributed by atoms with Crippen molar-refractivity contribution in [2.75, 3.05) is 11.1 Å². The van der Waals surface area contributed by atoms with Crippen molar-refractivity contribution in [3.63, 3.8) is 0 Å². The van der Waals surface area contributed by atoms with E-state index in [-0.39, 0.29) is 5.91 Å². The molecule has 0 atom stereocenters. The van der Waals surface area contributed by atoms with Crippen LogP contribution in [0.2, 0.25) is 5.02 Å². The van der Waals surface area contributed by atoms with Gasteiger partial charge in [0.15, 0.2) is 5.16 Å². The number of hydrogen-bond donors (Lipinski definition) is 1. The first-order valence-corrected chi connectivity index (χ1v) is 11.4. The molecule has 3 aromatic rings. The topological polar surface area (TPSA) is 59.8 Å². The Morgan fingerprint density at radius 2 is 1.82 bits per heavy atom. The molecule has 0 bridgehead atoms. The number of amides is 1. The minimum atomic E-state index is -0.0551. The van der Waals surface area contributed by atoms with E-state index in [0.29, 0.717) is 5.75 Å². The molecule has 2 aromatic carbocycles. The highest BCUT2D eigenvalue weighted by molar-refractivity contribution is 7.99. The Morgan fingerprint density at radius 3 is 2.54 bits per heavy atom. The van der Waals surface area contributed by atoms with Gasteiger partial charge >= 0.3 is 0 Å². The first kappa shape index (κ1) is 20.8.